The average molecular weight is 353 g/mol. The van der Waals surface area contributed by atoms with Crippen molar-refractivity contribution in [3.8, 4) is 5.75 Å². The molecule has 0 saturated carbocycles. The number of carboxylic acid groups (broad SMARTS) is 1. The summed E-state index contributed by atoms with van der Waals surface area (Å²) in [5.74, 6) is -0.783. The number of amides is 1. The van der Waals surface area contributed by atoms with Gasteiger partial charge in [0, 0.05) is 6.42 Å². The molecule has 2 rings (SSSR count). The molecule has 1 fully saturated rings. The maximum Gasteiger partial charge on any atom is 0.305 e. The topological polar surface area (TPSA) is 100 Å². The minimum Gasteiger partial charge on any atom is -0.493 e. The van der Waals surface area contributed by atoms with Gasteiger partial charge < -0.3 is 15.2 Å². The monoisotopic (exact) mass is 353 g/mol. The third kappa shape index (κ3) is 5.65. The molecular weight excluding hydrogens is 337 g/mol. The van der Waals surface area contributed by atoms with Crippen molar-refractivity contribution in [3.63, 3.8) is 0 Å². The fourth-order valence-electron chi connectivity index (χ4n) is 1.79. The number of amidine groups is 1. The summed E-state index contributed by atoms with van der Waals surface area (Å²) < 4.78 is 17.3. The third-order valence-electron chi connectivity index (χ3n) is 2.92. The van der Waals surface area contributed by atoms with Gasteiger partial charge in [-0.3, -0.25) is 14.0 Å². The number of halogens is 1. The van der Waals surface area contributed by atoms with E-state index >= 15 is 0 Å². The molecule has 0 bridgehead atoms. The molecule has 1 amide bonds. The lowest BCUT2D eigenvalue weighted by molar-refractivity contribution is -0.138. The van der Waals surface area contributed by atoms with Crippen molar-refractivity contribution >= 4 is 35.0 Å². The fraction of sp³-hybridized carbons (Fsp3) is 0.333. The Morgan fingerprint density at radius 3 is 2.83 bits per heavy atom. The first kappa shape index (κ1) is 17.9. The molecule has 7 nitrogen and oxygen atoms in total. The van der Waals surface area contributed by atoms with Gasteiger partial charge in [-0.25, -0.2) is 0 Å². The molecule has 9 heteroatoms. The maximum atomic E-state index is 12.0. The Bertz CT molecular complexity index is 649. The number of benzene rings is 1. The van der Waals surface area contributed by atoms with Gasteiger partial charge in [0.25, 0.3) is 0 Å². The Hall–Kier alpha value is -2.42. The molecule has 128 valence electrons. The summed E-state index contributed by atoms with van der Waals surface area (Å²) in [5, 5.41) is 18.5. The molecule has 0 aliphatic carbocycles. The Balaban J connectivity index is 1.87. The van der Waals surface area contributed by atoms with Crippen LogP contribution in [-0.2, 0) is 9.59 Å². The maximum absolute atomic E-state index is 12.0. The molecule has 1 atom stereocenters. The molecule has 24 heavy (non-hydrogen) atoms. The van der Waals surface area contributed by atoms with Gasteiger partial charge in [0.15, 0.2) is 5.17 Å². The van der Waals surface area contributed by atoms with Crippen LogP contribution in [0.5, 0.6) is 5.75 Å². The van der Waals surface area contributed by atoms with Crippen molar-refractivity contribution < 1.29 is 23.8 Å². The van der Waals surface area contributed by atoms with Crippen LogP contribution < -0.4 is 10.1 Å². The smallest absolute Gasteiger partial charge is 0.305 e. The highest BCUT2D eigenvalue weighted by atomic mass is 32.2. The normalized spacial score (nSPS) is 19.0. The van der Waals surface area contributed by atoms with Gasteiger partial charge in [0.1, 0.15) is 11.0 Å². The SMILES string of the molecule is O=C(O)CC1SC(=NN=Cc2ccc(OCCCF)cc2)NC1=O. The lowest BCUT2D eigenvalue weighted by atomic mass is 10.2. The Kier molecular flexibility index (Phi) is 6.74. The van der Waals surface area contributed by atoms with E-state index in [2.05, 4.69) is 15.5 Å². The number of carbonyl (C=O) groups excluding carboxylic acids is 1. The molecule has 1 unspecified atom stereocenters. The van der Waals surface area contributed by atoms with Crippen molar-refractivity contribution in [2.24, 2.45) is 10.2 Å². The fourth-order valence-corrected chi connectivity index (χ4v) is 2.70. The summed E-state index contributed by atoms with van der Waals surface area (Å²) in [5.41, 5.74) is 0.772. The van der Waals surface area contributed by atoms with Crippen LogP contribution in [0.25, 0.3) is 0 Å². The first-order valence-corrected chi connectivity index (χ1v) is 8.05. The van der Waals surface area contributed by atoms with Gasteiger partial charge >= 0.3 is 5.97 Å². The number of thioether (sulfide) groups is 1. The molecule has 1 aromatic carbocycles. The van der Waals surface area contributed by atoms with Crippen molar-refractivity contribution in [1.82, 2.24) is 5.32 Å². The standard InChI is InChI=1S/C15H16FN3O4S/c16-6-1-7-23-11-4-2-10(3-5-11)9-17-19-15-18-14(22)12(24-15)8-13(20)21/h2-5,9,12H,1,6-8H2,(H,20,21)(H,18,19,22). The van der Waals surface area contributed by atoms with Crippen LogP contribution in [0.4, 0.5) is 4.39 Å². The van der Waals surface area contributed by atoms with Gasteiger partial charge in [0.2, 0.25) is 5.91 Å². The molecular formula is C15H16FN3O4S. The van der Waals surface area contributed by atoms with E-state index in [1.165, 1.54) is 6.21 Å². The van der Waals surface area contributed by atoms with E-state index < -0.39 is 17.9 Å². The number of rotatable bonds is 8. The minimum atomic E-state index is -1.04. The van der Waals surface area contributed by atoms with Gasteiger partial charge in [-0.05, 0) is 29.8 Å². The Morgan fingerprint density at radius 2 is 2.17 bits per heavy atom. The number of carboxylic acids is 1. The summed E-state index contributed by atoms with van der Waals surface area (Å²) in [4.78, 5) is 22.2. The summed E-state index contributed by atoms with van der Waals surface area (Å²) in [6.07, 6.45) is 1.59. The number of alkyl halides is 1. The van der Waals surface area contributed by atoms with E-state index in [1.54, 1.807) is 24.3 Å². The first-order chi connectivity index (χ1) is 11.6. The van der Waals surface area contributed by atoms with Gasteiger partial charge in [-0.2, -0.15) is 5.10 Å². The van der Waals surface area contributed by atoms with Crippen LogP contribution in [0.2, 0.25) is 0 Å². The van der Waals surface area contributed by atoms with Gasteiger partial charge in [-0.1, -0.05) is 11.8 Å². The van der Waals surface area contributed by atoms with Crippen LogP contribution in [0.1, 0.15) is 18.4 Å². The number of carbonyl (C=O) groups is 2. The second-order valence-corrected chi connectivity index (χ2v) is 5.99. The quantitative estimate of drug-likeness (QED) is 0.422. The molecule has 1 aliphatic rings. The molecule has 1 saturated heterocycles. The van der Waals surface area contributed by atoms with Crippen LogP contribution >= 0.6 is 11.8 Å². The van der Waals surface area contributed by atoms with Crippen LogP contribution in [0, 0.1) is 0 Å². The molecule has 1 aromatic rings. The Morgan fingerprint density at radius 1 is 1.42 bits per heavy atom. The summed E-state index contributed by atoms with van der Waals surface area (Å²) >= 11 is 1.04. The van der Waals surface area contributed by atoms with E-state index in [9.17, 15) is 14.0 Å². The molecule has 0 radical (unpaired) electrons. The van der Waals surface area contributed by atoms with Crippen LogP contribution in [-0.4, -0.2) is 46.9 Å². The predicted molar refractivity (Wildman–Crippen MR) is 89.3 cm³/mol. The summed E-state index contributed by atoms with van der Waals surface area (Å²) in [6.45, 7) is -0.0844. The van der Waals surface area contributed by atoms with Crippen molar-refractivity contribution in [2.75, 3.05) is 13.3 Å². The summed E-state index contributed by atoms with van der Waals surface area (Å²) in [6, 6.07) is 7.01. The predicted octanol–water partition coefficient (Wildman–Crippen LogP) is 1.82. The van der Waals surface area contributed by atoms with Crippen LogP contribution in [0.3, 0.4) is 0 Å². The number of hydrogen-bond acceptors (Lipinski definition) is 6. The number of ether oxygens (including phenoxy) is 1. The lowest BCUT2D eigenvalue weighted by Gasteiger charge is -2.04. The molecule has 0 spiro atoms. The first-order valence-electron chi connectivity index (χ1n) is 7.17. The van der Waals surface area contributed by atoms with Crippen molar-refractivity contribution in [2.45, 2.75) is 18.1 Å². The molecule has 2 N–H and O–H groups in total. The van der Waals surface area contributed by atoms with E-state index in [0.29, 0.717) is 18.8 Å². The minimum absolute atomic E-state index is 0.261. The van der Waals surface area contributed by atoms with Crippen molar-refractivity contribution in [3.05, 3.63) is 29.8 Å². The number of nitrogens with one attached hydrogen (secondary N) is 1. The Labute approximate surface area is 142 Å². The zero-order chi connectivity index (χ0) is 17.4. The number of aliphatic carboxylic acids is 1. The highest BCUT2D eigenvalue weighted by molar-refractivity contribution is 8.15. The van der Waals surface area contributed by atoms with Gasteiger partial charge in [-0.15, -0.1) is 5.10 Å². The van der Waals surface area contributed by atoms with Gasteiger partial charge in [0.05, 0.1) is 25.9 Å². The van der Waals surface area contributed by atoms with E-state index in [0.717, 1.165) is 17.3 Å². The second kappa shape index (κ2) is 9.02. The largest absolute Gasteiger partial charge is 0.493 e. The summed E-state index contributed by atoms with van der Waals surface area (Å²) in [7, 11) is 0. The third-order valence-corrected chi connectivity index (χ3v) is 3.99. The zero-order valence-corrected chi connectivity index (χ0v) is 13.5. The number of hydrogen-bond donors (Lipinski definition) is 2. The van der Waals surface area contributed by atoms with E-state index in [1.807, 2.05) is 0 Å². The number of nitrogens with zero attached hydrogens (tertiary/aromatic N) is 2. The zero-order valence-electron chi connectivity index (χ0n) is 12.6. The van der Waals surface area contributed by atoms with Crippen LogP contribution in [0.15, 0.2) is 34.5 Å². The molecule has 1 aliphatic heterocycles. The lowest BCUT2D eigenvalue weighted by Crippen LogP contribution is -2.26. The molecule has 0 aromatic heterocycles. The average Bonchev–Trinajstić information content (AvgIpc) is 2.88. The highest BCUT2D eigenvalue weighted by Crippen LogP contribution is 2.22. The second-order valence-electron chi connectivity index (χ2n) is 4.80. The van der Waals surface area contributed by atoms with E-state index in [4.69, 9.17) is 9.84 Å². The van der Waals surface area contributed by atoms with Crippen molar-refractivity contribution in [1.29, 1.82) is 0 Å². The molecule has 1 heterocycles. The highest BCUT2D eigenvalue weighted by Gasteiger charge is 2.32. The van der Waals surface area contributed by atoms with E-state index in [-0.39, 0.29) is 17.5 Å².